The molecular formula is C20H23N3O2S. The second kappa shape index (κ2) is 9.29. The maximum absolute atomic E-state index is 12.1. The molecule has 0 aliphatic carbocycles. The molecule has 3 rings (SSSR count). The molecule has 1 amide bonds. The van der Waals surface area contributed by atoms with Crippen LogP contribution in [0, 0.1) is 0 Å². The van der Waals surface area contributed by atoms with E-state index in [1.807, 2.05) is 25.1 Å². The first-order valence-corrected chi connectivity index (χ1v) is 9.79. The molecule has 0 fully saturated rings. The molecule has 5 nitrogen and oxygen atoms in total. The monoisotopic (exact) mass is 369 g/mol. The number of carbonyl (C=O) groups is 1. The fraction of sp³-hybridized carbons (Fsp3) is 0.350. The van der Waals surface area contributed by atoms with E-state index in [-0.39, 0.29) is 11.9 Å². The normalized spacial score (nSPS) is 12.0. The number of rotatable bonds is 9. The second-order valence-corrected chi connectivity index (χ2v) is 7.16. The fourth-order valence-electron chi connectivity index (χ4n) is 2.77. The highest BCUT2D eigenvalue weighted by Gasteiger charge is 2.12. The van der Waals surface area contributed by atoms with Crippen LogP contribution < -0.4 is 5.32 Å². The summed E-state index contributed by atoms with van der Waals surface area (Å²) in [7, 11) is 0. The summed E-state index contributed by atoms with van der Waals surface area (Å²) >= 11 is 1.67. The van der Waals surface area contributed by atoms with Crippen molar-refractivity contribution >= 4 is 17.2 Å². The molecule has 0 bridgehead atoms. The molecule has 6 heteroatoms. The molecule has 26 heavy (non-hydrogen) atoms. The second-order valence-electron chi connectivity index (χ2n) is 6.38. The molecule has 1 N–H and O–H groups in total. The highest BCUT2D eigenvalue weighted by Crippen LogP contribution is 2.10. The third-order valence-electron chi connectivity index (χ3n) is 4.07. The van der Waals surface area contributed by atoms with Gasteiger partial charge in [-0.15, -0.1) is 10.2 Å². The van der Waals surface area contributed by atoms with Gasteiger partial charge in [-0.1, -0.05) is 30.3 Å². The third kappa shape index (κ3) is 5.81. The van der Waals surface area contributed by atoms with E-state index in [1.54, 1.807) is 11.3 Å². The van der Waals surface area contributed by atoms with Crippen molar-refractivity contribution in [3.05, 3.63) is 70.1 Å². The highest BCUT2D eigenvalue weighted by atomic mass is 32.1. The summed E-state index contributed by atoms with van der Waals surface area (Å²) < 4.78 is 5.65. The summed E-state index contributed by atoms with van der Waals surface area (Å²) in [5.41, 5.74) is 2.49. The van der Waals surface area contributed by atoms with Crippen molar-refractivity contribution in [1.29, 1.82) is 0 Å². The zero-order valence-corrected chi connectivity index (χ0v) is 15.7. The summed E-state index contributed by atoms with van der Waals surface area (Å²) in [4.78, 5) is 12.1. The molecule has 0 aliphatic heterocycles. The summed E-state index contributed by atoms with van der Waals surface area (Å²) in [5, 5.41) is 15.3. The van der Waals surface area contributed by atoms with Gasteiger partial charge in [0.1, 0.15) is 0 Å². The number of aryl methyl sites for hydroxylation is 3. The van der Waals surface area contributed by atoms with Crippen LogP contribution in [0.15, 0.2) is 51.6 Å². The number of hydrogen-bond acceptors (Lipinski definition) is 5. The SMILES string of the molecule is C[C@@H](Cc1ccsc1)NC(=O)CCc1nnc(CCc2ccccc2)o1. The van der Waals surface area contributed by atoms with Crippen molar-refractivity contribution in [2.24, 2.45) is 0 Å². The van der Waals surface area contributed by atoms with Crippen LogP contribution in [-0.2, 0) is 30.5 Å². The number of thiophene rings is 1. The van der Waals surface area contributed by atoms with Gasteiger partial charge in [0.05, 0.1) is 0 Å². The van der Waals surface area contributed by atoms with Gasteiger partial charge < -0.3 is 9.73 Å². The van der Waals surface area contributed by atoms with Gasteiger partial charge in [0.15, 0.2) is 0 Å². The Balaban J connectivity index is 1.39. The lowest BCUT2D eigenvalue weighted by Crippen LogP contribution is -2.34. The Morgan fingerprint density at radius 1 is 1.08 bits per heavy atom. The smallest absolute Gasteiger partial charge is 0.220 e. The van der Waals surface area contributed by atoms with Gasteiger partial charge in [0, 0.05) is 25.3 Å². The van der Waals surface area contributed by atoms with E-state index in [9.17, 15) is 4.79 Å². The Labute approximate surface area is 157 Å². The number of nitrogens with zero attached hydrogens (tertiary/aromatic N) is 2. The molecule has 0 saturated carbocycles. The first-order valence-electron chi connectivity index (χ1n) is 8.84. The molecule has 2 aromatic heterocycles. The van der Waals surface area contributed by atoms with Gasteiger partial charge in [0.2, 0.25) is 17.7 Å². The fourth-order valence-corrected chi connectivity index (χ4v) is 3.45. The van der Waals surface area contributed by atoms with Crippen LogP contribution in [0.25, 0.3) is 0 Å². The minimum absolute atomic E-state index is 0.0109. The maximum Gasteiger partial charge on any atom is 0.220 e. The molecule has 0 unspecified atom stereocenters. The topological polar surface area (TPSA) is 68.0 Å². The predicted octanol–water partition coefficient (Wildman–Crippen LogP) is 3.60. The van der Waals surface area contributed by atoms with Crippen molar-refractivity contribution in [2.45, 2.75) is 45.1 Å². The van der Waals surface area contributed by atoms with Crippen LogP contribution in [0.2, 0.25) is 0 Å². The lowest BCUT2D eigenvalue weighted by atomic mass is 10.1. The number of benzene rings is 1. The molecule has 3 aromatic rings. The molecule has 1 aromatic carbocycles. The van der Waals surface area contributed by atoms with Crippen LogP contribution in [0.1, 0.15) is 36.3 Å². The highest BCUT2D eigenvalue weighted by molar-refractivity contribution is 7.07. The van der Waals surface area contributed by atoms with Gasteiger partial charge in [-0.2, -0.15) is 11.3 Å². The first kappa shape index (κ1) is 18.3. The average Bonchev–Trinajstić information content (AvgIpc) is 3.31. The van der Waals surface area contributed by atoms with Crippen molar-refractivity contribution in [1.82, 2.24) is 15.5 Å². The first-order chi connectivity index (χ1) is 12.7. The van der Waals surface area contributed by atoms with Crippen molar-refractivity contribution < 1.29 is 9.21 Å². The summed E-state index contributed by atoms with van der Waals surface area (Å²) in [6, 6.07) is 12.4. The Bertz CT molecular complexity index is 800. The van der Waals surface area contributed by atoms with E-state index in [0.717, 1.165) is 12.8 Å². The molecule has 1 atom stereocenters. The largest absolute Gasteiger partial charge is 0.425 e. The van der Waals surface area contributed by atoms with E-state index in [4.69, 9.17) is 4.42 Å². The van der Waals surface area contributed by atoms with E-state index < -0.39 is 0 Å². The van der Waals surface area contributed by atoms with E-state index in [2.05, 4.69) is 44.5 Å². The van der Waals surface area contributed by atoms with Crippen molar-refractivity contribution in [3.63, 3.8) is 0 Å². The van der Waals surface area contributed by atoms with E-state index in [0.29, 0.717) is 31.0 Å². The third-order valence-corrected chi connectivity index (χ3v) is 4.81. The molecular weight excluding hydrogens is 346 g/mol. The van der Waals surface area contributed by atoms with Crippen molar-refractivity contribution in [3.8, 4) is 0 Å². The van der Waals surface area contributed by atoms with E-state index >= 15 is 0 Å². The molecule has 136 valence electrons. The lowest BCUT2D eigenvalue weighted by Gasteiger charge is -2.12. The number of nitrogens with one attached hydrogen (secondary N) is 1. The predicted molar refractivity (Wildman–Crippen MR) is 102 cm³/mol. The molecule has 0 radical (unpaired) electrons. The van der Waals surface area contributed by atoms with Crippen molar-refractivity contribution in [2.75, 3.05) is 0 Å². The summed E-state index contributed by atoms with van der Waals surface area (Å²) in [6.07, 6.45) is 3.24. The molecule has 0 spiro atoms. The van der Waals surface area contributed by atoms with Crippen LogP contribution >= 0.6 is 11.3 Å². The van der Waals surface area contributed by atoms with Gasteiger partial charge in [-0.25, -0.2) is 0 Å². The maximum atomic E-state index is 12.1. The zero-order valence-electron chi connectivity index (χ0n) is 14.9. The van der Waals surface area contributed by atoms with Gasteiger partial charge >= 0.3 is 0 Å². The lowest BCUT2D eigenvalue weighted by molar-refractivity contribution is -0.121. The molecule has 0 saturated heterocycles. The summed E-state index contributed by atoms with van der Waals surface area (Å²) in [6.45, 7) is 2.02. The minimum atomic E-state index is 0.0109. The minimum Gasteiger partial charge on any atom is -0.425 e. The molecule has 2 heterocycles. The van der Waals surface area contributed by atoms with Crippen LogP contribution in [0.4, 0.5) is 0 Å². The average molecular weight is 369 g/mol. The van der Waals surface area contributed by atoms with Crippen LogP contribution in [0.5, 0.6) is 0 Å². The Hall–Kier alpha value is -2.47. The Morgan fingerprint density at radius 3 is 2.58 bits per heavy atom. The van der Waals surface area contributed by atoms with Crippen LogP contribution in [0.3, 0.4) is 0 Å². The standard InChI is InChI=1S/C20H23N3O2S/c1-15(13-17-11-12-26-14-17)21-18(24)8-10-20-23-22-19(25-20)9-7-16-5-3-2-4-6-16/h2-6,11-12,14-15H,7-10,13H2,1H3,(H,21,24)/t15-/m0/s1. The van der Waals surface area contributed by atoms with Gasteiger partial charge in [0.25, 0.3) is 0 Å². The summed E-state index contributed by atoms with van der Waals surface area (Å²) in [5.74, 6) is 1.15. The number of carbonyl (C=O) groups excluding carboxylic acids is 1. The zero-order chi connectivity index (χ0) is 18.2. The van der Waals surface area contributed by atoms with Crippen LogP contribution in [-0.4, -0.2) is 22.1 Å². The van der Waals surface area contributed by atoms with E-state index in [1.165, 1.54) is 11.1 Å². The van der Waals surface area contributed by atoms with Gasteiger partial charge in [-0.3, -0.25) is 4.79 Å². The molecule has 0 aliphatic rings. The van der Waals surface area contributed by atoms with Gasteiger partial charge in [-0.05, 0) is 47.7 Å². The number of amides is 1. The Morgan fingerprint density at radius 2 is 1.85 bits per heavy atom. The number of aromatic nitrogens is 2. The quantitative estimate of drug-likeness (QED) is 0.626. The Kier molecular flexibility index (Phi) is 6.55. The number of hydrogen-bond donors (Lipinski definition) is 1.